The summed E-state index contributed by atoms with van der Waals surface area (Å²) in [7, 11) is 0. The van der Waals surface area contributed by atoms with Crippen molar-refractivity contribution in [3.8, 4) is 0 Å². The summed E-state index contributed by atoms with van der Waals surface area (Å²) in [5.41, 5.74) is 4.05. The highest BCUT2D eigenvalue weighted by atomic mass is 19.1. The van der Waals surface area contributed by atoms with Crippen LogP contribution >= 0.6 is 0 Å². The number of hydrogen-bond acceptors (Lipinski definition) is 3. The molecule has 1 N–H and O–H groups in total. The predicted octanol–water partition coefficient (Wildman–Crippen LogP) is 3.89. The van der Waals surface area contributed by atoms with Crippen molar-refractivity contribution >= 4 is 22.1 Å². The van der Waals surface area contributed by atoms with Crippen molar-refractivity contribution in [2.24, 2.45) is 0 Å². The number of imidazole rings is 1. The van der Waals surface area contributed by atoms with Crippen molar-refractivity contribution in [1.29, 1.82) is 0 Å². The standard InChI is InChI=1S/C20H20FN5/c21-15-3-1-2-14(10-15)12-25-8-5-16(6-9-25)26-13-24-18-11-23-20-17(19(18)26)4-7-22-20/h1-4,7,10-11,13,16H,5-6,8-9,12H2,(H,22,23). The van der Waals surface area contributed by atoms with Crippen molar-refractivity contribution in [2.75, 3.05) is 13.1 Å². The topological polar surface area (TPSA) is 49.7 Å². The van der Waals surface area contributed by atoms with Crippen LogP contribution in [-0.2, 0) is 6.54 Å². The number of nitrogens with one attached hydrogen (secondary N) is 1. The van der Waals surface area contributed by atoms with Gasteiger partial charge in [-0.1, -0.05) is 12.1 Å². The Morgan fingerprint density at radius 3 is 2.88 bits per heavy atom. The third kappa shape index (κ3) is 2.66. The van der Waals surface area contributed by atoms with E-state index in [1.165, 1.54) is 11.6 Å². The van der Waals surface area contributed by atoms with Gasteiger partial charge in [0.15, 0.2) is 0 Å². The van der Waals surface area contributed by atoms with E-state index < -0.39 is 0 Å². The second kappa shape index (κ2) is 6.21. The minimum atomic E-state index is -0.161. The number of H-pyrrole nitrogens is 1. The van der Waals surface area contributed by atoms with E-state index >= 15 is 0 Å². The summed E-state index contributed by atoms with van der Waals surface area (Å²) >= 11 is 0. The molecule has 0 atom stereocenters. The second-order valence-electron chi connectivity index (χ2n) is 7.02. The predicted molar refractivity (Wildman–Crippen MR) is 99.3 cm³/mol. The van der Waals surface area contributed by atoms with Crippen LogP contribution in [0.15, 0.2) is 49.1 Å². The lowest BCUT2D eigenvalue weighted by Crippen LogP contribution is -2.34. The molecule has 1 fully saturated rings. The van der Waals surface area contributed by atoms with Crippen LogP contribution in [0, 0.1) is 5.82 Å². The highest BCUT2D eigenvalue weighted by Crippen LogP contribution is 2.30. The SMILES string of the molecule is Fc1cccc(CN2CCC(n3cnc4cnc5[nH]ccc5c43)CC2)c1. The number of halogens is 1. The lowest BCUT2D eigenvalue weighted by atomic mass is 10.0. The molecular formula is C20H20FN5. The Bertz CT molecular complexity index is 1060. The van der Waals surface area contributed by atoms with Gasteiger partial charge in [0.05, 0.1) is 18.0 Å². The van der Waals surface area contributed by atoms with Gasteiger partial charge in [0.2, 0.25) is 0 Å². The van der Waals surface area contributed by atoms with Crippen LogP contribution in [-0.4, -0.2) is 37.5 Å². The normalized spacial score (nSPS) is 16.7. The first-order valence-electron chi connectivity index (χ1n) is 9.03. The molecule has 0 amide bonds. The number of nitrogens with zero attached hydrogens (tertiary/aromatic N) is 4. The van der Waals surface area contributed by atoms with Gasteiger partial charge >= 0.3 is 0 Å². The molecule has 6 heteroatoms. The quantitative estimate of drug-likeness (QED) is 0.610. The van der Waals surface area contributed by atoms with Crippen LogP contribution in [0.4, 0.5) is 4.39 Å². The van der Waals surface area contributed by atoms with Gasteiger partial charge in [-0.2, -0.15) is 0 Å². The van der Waals surface area contributed by atoms with Crippen molar-refractivity contribution < 1.29 is 4.39 Å². The summed E-state index contributed by atoms with van der Waals surface area (Å²) < 4.78 is 15.7. The molecule has 26 heavy (non-hydrogen) atoms. The summed E-state index contributed by atoms with van der Waals surface area (Å²) in [4.78, 5) is 14.6. The van der Waals surface area contributed by atoms with Crippen LogP contribution in [0.3, 0.4) is 0 Å². The minimum Gasteiger partial charge on any atom is -0.346 e. The van der Waals surface area contributed by atoms with Crippen LogP contribution < -0.4 is 0 Å². The molecule has 0 unspecified atom stereocenters. The number of likely N-dealkylation sites (tertiary alicyclic amines) is 1. The zero-order valence-corrected chi connectivity index (χ0v) is 14.4. The lowest BCUT2D eigenvalue weighted by Gasteiger charge is -2.33. The Morgan fingerprint density at radius 2 is 2.04 bits per heavy atom. The molecule has 1 aliphatic heterocycles. The highest BCUT2D eigenvalue weighted by molar-refractivity contribution is 6.00. The van der Waals surface area contributed by atoms with Gasteiger partial charge < -0.3 is 9.55 Å². The zero-order chi connectivity index (χ0) is 17.5. The molecule has 0 radical (unpaired) electrons. The van der Waals surface area contributed by atoms with Gasteiger partial charge in [-0.15, -0.1) is 0 Å². The first kappa shape index (κ1) is 15.5. The number of piperidine rings is 1. The lowest BCUT2D eigenvalue weighted by molar-refractivity contribution is 0.181. The number of fused-ring (bicyclic) bond motifs is 3. The molecule has 4 heterocycles. The van der Waals surface area contributed by atoms with Gasteiger partial charge in [0.25, 0.3) is 0 Å². The number of rotatable bonds is 3. The Kier molecular flexibility index (Phi) is 3.71. The number of benzene rings is 1. The fraction of sp³-hybridized carbons (Fsp3) is 0.300. The molecule has 0 saturated carbocycles. The zero-order valence-electron chi connectivity index (χ0n) is 14.4. The number of aromatic nitrogens is 4. The summed E-state index contributed by atoms with van der Waals surface area (Å²) in [6.07, 6.45) is 7.84. The maximum absolute atomic E-state index is 13.4. The molecule has 0 bridgehead atoms. The van der Waals surface area contributed by atoms with Crippen LogP contribution in [0.25, 0.3) is 22.1 Å². The molecule has 0 spiro atoms. The van der Waals surface area contributed by atoms with Crippen molar-refractivity contribution in [3.05, 3.63) is 60.4 Å². The minimum absolute atomic E-state index is 0.161. The van der Waals surface area contributed by atoms with Crippen LogP contribution in [0.2, 0.25) is 0 Å². The second-order valence-corrected chi connectivity index (χ2v) is 7.02. The molecule has 3 aromatic heterocycles. The van der Waals surface area contributed by atoms with Crippen molar-refractivity contribution in [1.82, 2.24) is 24.4 Å². The van der Waals surface area contributed by atoms with E-state index in [-0.39, 0.29) is 5.82 Å². The summed E-state index contributed by atoms with van der Waals surface area (Å²) in [6, 6.07) is 9.41. The molecule has 0 aliphatic carbocycles. The average molecular weight is 349 g/mol. The Balaban J connectivity index is 1.35. The largest absolute Gasteiger partial charge is 0.346 e. The number of pyridine rings is 1. The van der Waals surface area contributed by atoms with E-state index in [1.807, 2.05) is 24.8 Å². The third-order valence-electron chi connectivity index (χ3n) is 5.36. The summed E-state index contributed by atoms with van der Waals surface area (Å²) in [6.45, 7) is 2.81. The highest BCUT2D eigenvalue weighted by Gasteiger charge is 2.23. The number of aromatic amines is 1. The van der Waals surface area contributed by atoms with E-state index in [0.717, 1.165) is 54.6 Å². The maximum Gasteiger partial charge on any atom is 0.139 e. The third-order valence-corrected chi connectivity index (χ3v) is 5.36. The van der Waals surface area contributed by atoms with Crippen LogP contribution in [0.1, 0.15) is 24.4 Å². The molecule has 4 aromatic rings. The monoisotopic (exact) mass is 349 g/mol. The van der Waals surface area contributed by atoms with Gasteiger partial charge in [0.1, 0.15) is 17.0 Å². The summed E-state index contributed by atoms with van der Waals surface area (Å²) in [5.74, 6) is -0.161. The fourth-order valence-electron chi connectivity index (χ4n) is 4.06. The smallest absolute Gasteiger partial charge is 0.139 e. The maximum atomic E-state index is 13.4. The van der Waals surface area contributed by atoms with Crippen molar-refractivity contribution in [3.63, 3.8) is 0 Å². The van der Waals surface area contributed by atoms with E-state index in [9.17, 15) is 4.39 Å². The average Bonchev–Trinajstić information content (AvgIpc) is 3.28. The van der Waals surface area contributed by atoms with Gasteiger partial charge in [-0.25, -0.2) is 14.4 Å². The number of hydrogen-bond donors (Lipinski definition) is 1. The molecular weight excluding hydrogens is 329 g/mol. The molecule has 1 saturated heterocycles. The Morgan fingerprint density at radius 1 is 1.15 bits per heavy atom. The van der Waals surface area contributed by atoms with E-state index in [4.69, 9.17) is 0 Å². The molecule has 5 rings (SSSR count). The molecule has 1 aromatic carbocycles. The van der Waals surface area contributed by atoms with E-state index in [0.29, 0.717) is 6.04 Å². The van der Waals surface area contributed by atoms with Gasteiger partial charge in [-0.05, 0) is 36.6 Å². The van der Waals surface area contributed by atoms with E-state index in [2.05, 4.69) is 30.5 Å². The fourth-order valence-corrected chi connectivity index (χ4v) is 4.06. The van der Waals surface area contributed by atoms with Crippen molar-refractivity contribution in [2.45, 2.75) is 25.4 Å². The summed E-state index contributed by atoms with van der Waals surface area (Å²) in [5, 5.41) is 1.13. The van der Waals surface area contributed by atoms with Crippen LogP contribution in [0.5, 0.6) is 0 Å². The first-order valence-corrected chi connectivity index (χ1v) is 9.03. The van der Waals surface area contributed by atoms with Gasteiger partial charge in [0, 0.05) is 37.3 Å². The Hall–Kier alpha value is -2.73. The molecule has 1 aliphatic rings. The first-order chi connectivity index (χ1) is 12.8. The van der Waals surface area contributed by atoms with Gasteiger partial charge in [-0.3, -0.25) is 4.90 Å². The molecule has 132 valence electrons. The van der Waals surface area contributed by atoms with E-state index in [1.54, 1.807) is 12.1 Å². The Labute approximate surface area is 150 Å². The molecule has 5 nitrogen and oxygen atoms in total.